The molecular formula is C89H90N16O8. The highest BCUT2D eigenvalue weighted by molar-refractivity contribution is 5.83. The van der Waals surface area contributed by atoms with Crippen molar-refractivity contribution in [1.82, 2.24) is 68.5 Å². The van der Waals surface area contributed by atoms with Crippen molar-refractivity contribution in [1.29, 1.82) is 0 Å². The standard InChI is InChI=1S/C23H24N4O2.3C22H22N4O2/c1-15-13-18-19(14-16(15)2)27(21-20(24-18)22(28)26-23(29)25-21)12-8-4-7-11-17-9-5-3-6-10-17;1-13-6-4-7-16(10-13)8-5-9-26-18-12-15(3)14(2)11-17(18)23-19-20(26)24-22(28)25-21(19)27;1-13-6-8-16(9-7-13)5-4-10-26-18-12-15(3)14(2)11-17(18)23-19-20(26)24-22(28)25-21(19)27;1-13-9-18-19(10-14(13)2)26(12-17(27)11-16-7-5-4-6-8-16)21-20(25-18)22(28)24-15(3)23-21/h3,5-6,9-10,13-14H,4,7-8,11-12H2,1-2H3,(H,26,28,29);4,6-7,10-12H,5,8-9H2,1-3H3,(H,25,27,28);6-9,11-12H,4-5,10H2,1-3H3,(H,25,27,28);4-10,17,27H,3,11-12H2,1-2H3,(H,24,28). The molecule has 113 heavy (non-hydrogen) atoms. The molecule has 8 aromatic carbocycles. The van der Waals surface area contributed by atoms with Crippen LogP contribution in [0.15, 0.2) is 196 Å². The van der Waals surface area contributed by atoms with Crippen LogP contribution in [0.5, 0.6) is 0 Å². The number of nitrogens with one attached hydrogen (secondary N) is 4. The van der Waals surface area contributed by atoms with Gasteiger partial charge in [-0.3, -0.25) is 34.1 Å². The van der Waals surface area contributed by atoms with Crippen molar-refractivity contribution < 1.29 is 5.11 Å². The number of hydrogen-bond donors (Lipinski definition) is 5. The van der Waals surface area contributed by atoms with Gasteiger partial charge >= 0.3 is 17.1 Å². The number of β-amino-alcohol motifs (C(OH)–C–C–N with tert-alkyl or cyclic N) is 1. The first-order valence-corrected chi connectivity index (χ1v) is 38.0. The van der Waals surface area contributed by atoms with Gasteiger partial charge in [0.2, 0.25) is 0 Å². The second-order valence-corrected chi connectivity index (χ2v) is 29.3. The van der Waals surface area contributed by atoms with Crippen molar-refractivity contribution in [3.63, 3.8) is 0 Å². The van der Waals surface area contributed by atoms with Crippen LogP contribution in [-0.2, 0) is 45.3 Å². The van der Waals surface area contributed by atoms with E-state index in [1.165, 1.54) is 27.8 Å². The number of fused-ring (bicyclic) bond motifs is 8. The van der Waals surface area contributed by atoms with E-state index in [0.29, 0.717) is 61.6 Å². The second-order valence-electron chi connectivity index (χ2n) is 29.3. The number of anilines is 2. The van der Waals surface area contributed by atoms with E-state index < -0.39 is 39.9 Å². The van der Waals surface area contributed by atoms with Gasteiger partial charge in [-0.2, -0.15) is 15.0 Å². The number of rotatable bonds is 18. The minimum atomic E-state index is -0.644. The molecule has 0 fully saturated rings. The minimum absolute atomic E-state index is 0.200. The topological polar surface area (TPSA) is 323 Å². The normalized spacial score (nSPS) is 11.9. The number of nitrogens with zero attached hydrogens (tertiary/aromatic N) is 12. The summed E-state index contributed by atoms with van der Waals surface area (Å²) in [6.45, 7) is 26.4. The summed E-state index contributed by atoms with van der Waals surface area (Å²) >= 11 is 0. The average Bonchev–Trinajstić information content (AvgIpc) is 0.774. The summed E-state index contributed by atoms with van der Waals surface area (Å²) in [6.07, 6.45) is 7.49. The number of hydrogen-bond acceptors (Lipinski definition) is 17. The fourth-order valence-electron chi connectivity index (χ4n) is 14.2. The molecular weight excluding hydrogens is 1420 g/mol. The molecule has 1 atom stereocenters. The predicted molar refractivity (Wildman–Crippen MR) is 444 cm³/mol. The molecule has 574 valence electrons. The maximum atomic E-state index is 12.5. The van der Waals surface area contributed by atoms with Crippen LogP contribution in [0.2, 0.25) is 0 Å². The molecule has 5 N–H and O–H groups in total. The molecule has 1 aromatic heterocycles. The van der Waals surface area contributed by atoms with E-state index in [-0.39, 0.29) is 33.5 Å². The van der Waals surface area contributed by atoms with Crippen molar-refractivity contribution in [3.8, 4) is 34.6 Å². The zero-order valence-corrected chi connectivity index (χ0v) is 65.2. The van der Waals surface area contributed by atoms with Gasteiger partial charge in [-0.15, -0.1) is 0 Å². The number of aromatic nitrogens is 14. The number of benzene rings is 8. The zero-order chi connectivity index (χ0) is 79.9. The Morgan fingerprint density at radius 2 is 0.796 bits per heavy atom. The van der Waals surface area contributed by atoms with Gasteiger partial charge < -0.3 is 28.7 Å². The summed E-state index contributed by atoms with van der Waals surface area (Å²) in [5.41, 5.74) is 19.9. The summed E-state index contributed by atoms with van der Waals surface area (Å²) in [7, 11) is 0. The average molecular weight is 1510 g/mol. The second kappa shape index (κ2) is 34.0. The molecule has 0 saturated carbocycles. The fraction of sp³-hybridized carbons (Fsp3) is 0.270. The highest BCUT2D eigenvalue weighted by Crippen LogP contribution is 2.37. The molecule has 8 heterocycles. The summed E-state index contributed by atoms with van der Waals surface area (Å²) in [5.74, 6) is 1.47. The van der Waals surface area contributed by atoms with E-state index in [2.05, 4.69) is 171 Å². The molecule has 9 aromatic rings. The number of H-pyrrole nitrogens is 4. The van der Waals surface area contributed by atoms with Gasteiger partial charge in [-0.05, 0) is 229 Å². The van der Waals surface area contributed by atoms with Gasteiger partial charge in [0.15, 0.2) is 45.7 Å². The summed E-state index contributed by atoms with van der Waals surface area (Å²) in [5, 5.41) is 11.0. The third kappa shape index (κ3) is 18.0. The number of unbranched alkanes of at least 4 members (excludes halogenated alkanes) is 2. The zero-order valence-electron chi connectivity index (χ0n) is 65.2. The molecule has 0 radical (unpaired) electrons. The number of aliphatic hydroxyl groups excluding tert-OH is 1. The minimum Gasteiger partial charge on any atom is -0.391 e. The number of aryl methyl sites for hydroxylation is 16. The molecule has 0 bridgehead atoms. The molecule has 0 spiro atoms. The van der Waals surface area contributed by atoms with Crippen molar-refractivity contribution in [2.75, 3.05) is 11.4 Å². The van der Waals surface area contributed by atoms with Gasteiger partial charge in [0.05, 0.1) is 57.1 Å². The summed E-state index contributed by atoms with van der Waals surface area (Å²) in [4.78, 5) is 131. The van der Waals surface area contributed by atoms with E-state index in [1.54, 1.807) is 0 Å². The quantitative estimate of drug-likeness (QED) is 0.0394. The Balaban J connectivity index is 0.000000132. The van der Waals surface area contributed by atoms with E-state index >= 15 is 0 Å². The van der Waals surface area contributed by atoms with Crippen LogP contribution in [0.3, 0.4) is 0 Å². The Kier molecular flexibility index (Phi) is 23.5. The third-order valence-electron chi connectivity index (χ3n) is 20.8. The molecule has 7 aliphatic heterocycles. The van der Waals surface area contributed by atoms with Crippen LogP contribution in [0, 0.1) is 69.2 Å². The van der Waals surface area contributed by atoms with Crippen LogP contribution in [-0.4, -0.2) is 86.3 Å². The summed E-state index contributed by atoms with van der Waals surface area (Å²) < 4.78 is 5.88. The molecule has 24 heteroatoms. The van der Waals surface area contributed by atoms with Crippen LogP contribution in [0.25, 0.3) is 74.2 Å². The van der Waals surface area contributed by atoms with E-state index in [4.69, 9.17) is 0 Å². The SMILES string of the molecule is C=c1nc2c(c(=O)[nH]1)=Nc1cc(C)c(C)cc1N2CC(O)Cc1ccccc1.Cc1cc2nc3c(=O)[nH]c(=O)nc-3n(CCCCCc3ccccc3)c2cc1C.Cc1ccc(CCCn2c3nc(=O)[nH]c(=O)c-3nc3cc(C)c(C)cc32)cc1.Cc1cccc(CCCn2c3nc(=O)[nH]c(=O)c-3nc3cc(C)c(C)cc32)c1. The maximum absolute atomic E-state index is 12.5. The fourth-order valence-corrected chi connectivity index (χ4v) is 14.2. The van der Waals surface area contributed by atoms with Crippen molar-refractivity contribution in [2.45, 2.75) is 153 Å². The Morgan fingerprint density at radius 3 is 1.28 bits per heavy atom. The van der Waals surface area contributed by atoms with Crippen molar-refractivity contribution in [3.05, 3.63) is 319 Å². The molecule has 24 nitrogen and oxygen atoms in total. The van der Waals surface area contributed by atoms with Crippen LogP contribution in [0.4, 0.5) is 17.2 Å². The Morgan fingerprint density at radius 1 is 0.381 bits per heavy atom. The lowest BCUT2D eigenvalue weighted by atomic mass is 10.0. The summed E-state index contributed by atoms with van der Waals surface area (Å²) in [6, 6.07) is 53.3. The van der Waals surface area contributed by atoms with Gasteiger partial charge in [0, 0.05) is 26.1 Å². The van der Waals surface area contributed by atoms with E-state index in [0.717, 1.165) is 140 Å². The number of aromatic amines is 4. The largest absolute Gasteiger partial charge is 0.391 e. The lowest BCUT2D eigenvalue weighted by Gasteiger charge is -2.30. The first-order valence-electron chi connectivity index (χ1n) is 38.0. The predicted octanol–water partition coefficient (Wildman–Crippen LogP) is 11.7. The Hall–Kier alpha value is -13.1. The van der Waals surface area contributed by atoms with Gasteiger partial charge in [0.25, 0.3) is 22.2 Å². The van der Waals surface area contributed by atoms with Crippen LogP contribution >= 0.6 is 0 Å². The van der Waals surface area contributed by atoms with E-state index in [1.807, 2.05) is 141 Å². The molecule has 16 rings (SSSR count). The first-order chi connectivity index (χ1) is 54.3. The maximum Gasteiger partial charge on any atom is 0.349 e. The first kappa shape index (κ1) is 78.0. The Labute approximate surface area is 650 Å². The lowest BCUT2D eigenvalue weighted by molar-refractivity contribution is 0.183. The van der Waals surface area contributed by atoms with Gasteiger partial charge in [-0.25, -0.2) is 39.3 Å². The smallest absolute Gasteiger partial charge is 0.349 e. The molecule has 0 aliphatic carbocycles. The van der Waals surface area contributed by atoms with Gasteiger partial charge in [-0.1, -0.05) is 133 Å². The molecule has 0 amide bonds. The van der Waals surface area contributed by atoms with Crippen LogP contribution < -0.4 is 55.0 Å². The highest BCUT2D eigenvalue weighted by atomic mass is 16.3. The van der Waals surface area contributed by atoms with Crippen molar-refractivity contribution in [2.24, 2.45) is 4.99 Å². The third-order valence-corrected chi connectivity index (χ3v) is 20.8. The number of aliphatic hydroxyl groups is 1. The lowest BCUT2D eigenvalue weighted by Crippen LogP contribution is -2.44. The van der Waals surface area contributed by atoms with Crippen molar-refractivity contribution >= 4 is 56.9 Å². The Bertz CT molecular complexity index is 6550. The van der Waals surface area contributed by atoms with E-state index in [9.17, 15) is 38.7 Å². The molecule has 7 aliphatic rings. The van der Waals surface area contributed by atoms with Crippen LogP contribution in [0.1, 0.15) is 110 Å². The molecule has 0 saturated heterocycles. The monoisotopic (exact) mass is 1510 g/mol. The highest BCUT2D eigenvalue weighted by Gasteiger charge is 2.27. The van der Waals surface area contributed by atoms with Gasteiger partial charge in [0.1, 0.15) is 5.48 Å². The molecule has 1 unspecified atom stereocenters.